The molecule has 3 heteroatoms. The maximum atomic E-state index is 4.67. The Bertz CT molecular complexity index is 877. The SMILES string of the molecule is CCCCCCCCCCCCCCCC[n+]1cccc2ccc3cccnc3c21.[I-]. The zero-order valence-electron chi connectivity index (χ0n) is 19.5. The second-order valence-electron chi connectivity index (χ2n) is 8.88. The van der Waals surface area contributed by atoms with Crippen molar-refractivity contribution < 1.29 is 28.5 Å². The van der Waals surface area contributed by atoms with E-state index in [1.165, 1.54) is 106 Å². The molecule has 0 spiro atoms. The van der Waals surface area contributed by atoms with Gasteiger partial charge in [-0.2, -0.15) is 4.57 Å². The lowest BCUT2D eigenvalue weighted by Crippen LogP contribution is -3.00. The van der Waals surface area contributed by atoms with Crippen LogP contribution < -0.4 is 28.5 Å². The second kappa shape index (κ2) is 15.6. The van der Waals surface area contributed by atoms with Crippen LogP contribution in [0.2, 0.25) is 0 Å². The van der Waals surface area contributed by atoms with Crippen LogP contribution in [0.4, 0.5) is 0 Å². The fourth-order valence-corrected chi connectivity index (χ4v) is 4.57. The number of fused-ring (bicyclic) bond motifs is 3. The molecule has 0 amide bonds. The van der Waals surface area contributed by atoms with Gasteiger partial charge >= 0.3 is 0 Å². The van der Waals surface area contributed by atoms with Crippen molar-refractivity contribution in [1.82, 2.24) is 4.98 Å². The van der Waals surface area contributed by atoms with Crippen LogP contribution in [0.25, 0.3) is 21.8 Å². The van der Waals surface area contributed by atoms with E-state index in [4.69, 9.17) is 0 Å². The van der Waals surface area contributed by atoms with Gasteiger partial charge in [0.2, 0.25) is 5.52 Å². The molecule has 0 aliphatic carbocycles. The standard InChI is InChI=1S/C28H41N2.HI/c1-2-3-4-5-6-7-8-9-10-11-12-13-14-15-23-30-24-17-19-26-21-20-25-18-16-22-29-27(25)28(26)30;/h16-22,24H,2-15,23H2,1H3;1H/q+1;/p-1. The number of rotatable bonds is 15. The van der Waals surface area contributed by atoms with E-state index in [0.717, 1.165) is 12.1 Å². The maximum absolute atomic E-state index is 4.67. The summed E-state index contributed by atoms with van der Waals surface area (Å²) in [5.74, 6) is 0. The number of halogens is 1. The Kier molecular flexibility index (Phi) is 13.1. The molecule has 0 N–H and O–H groups in total. The average molecular weight is 533 g/mol. The predicted molar refractivity (Wildman–Crippen MR) is 130 cm³/mol. The smallest absolute Gasteiger partial charge is 0.239 e. The van der Waals surface area contributed by atoms with Gasteiger partial charge in [-0.05, 0) is 24.6 Å². The summed E-state index contributed by atoms with van der Waals surface area (Å²) in [6.45, 7) is 3.38. The first kappa shape index (κ1) is 26.0. The van der Waals surface area contributed by atoms with Gasteiger partial charge in [-0.25, -0.2) is 4.98 Å². The minimum Gasteiger partial charge on any atom is -1.00 e. The summed E-state index contributed by atoms with van der Waals surface area (Å²) in [6, 6.07) is 13.0. The van der Waals surface area contributed by atoms with Crippen LogP contribution in [-0.4, -0.2) is 4.98 Å². The molecule has 0 atom stereocenters. The number of nitrogens with zero attached hydrogens (tertiary/aromatic N) is 2. The number of benzene rings is 1. The van der Waals surface area contributed by atoms with Gasteiger partial charge < -0.3 is 24.0 Å². The summed E-state index contributed by atoms with van der Waals surface area (Å²) in [5, 5.41) is 2.51. The molecule has 2 aromatic heterocycles. The Morgan fingerprint density at radius 3 is 1.84 bits per heavy atom. The predicted octanol–water partition coefficient (Wildman–Crippen LogP) is 5.16. The van der Waals surface area contributed by atoms with Crippen LogP contribution in [0.1, 0.15) is 96.8 Å². The molecule has 2 nitrogen and oxygen atoms in total. The highest BCUT2D eigenvalue weighted by Gasteiger charge is 2.13. The van der Waals surface area contributed by atoms with Crippen LogP contribution in [0.5, 0.6) is 0 Å². The van der Waals surface area contributed by atoms with E-state index in [1.54, 1.807) is 0 Å². The van der Waals surface area contributed by atoms with Gasteiger partial charge in [-0.3, -0.25) is 0 Å². The van der Waals surface area contributed by atoms with Gasteiger partial charge in [-0.1, -0.05) is 96.1 Å². The van der Waals surface area contributed by atoms with Gasteiger partial charge in [0.15, 0.2) is 6.20 Å². The van der Waals surface area contributed by atoms with Gasteiger partial charge in [0.05, 0.1) is 0 Å². The molecule has 3 aromatic rings. The van der Waals surface area contributed by atoms with E-state index in [0.29, 0.717) is 0 Å². The van der Waals surface area contributed by atoms with E-state index in [1.807, 2.05) is 12.3 Å². The van der Waals surface area contributed by atoms with Crippen LogP contribution >= 0.6 is 0 Å². The maximum Gasteiger partial charge on any atom is 0.239 e. The molecule has 0 radical (unpaired) electrons. The van der Waals surface area contributed by atoms with E-state index < -0.39 is 0 Å². The largest absolute Gasteiger partial charge is 1.00 e. The lowest BCUT2D eigenvalue weighted by Gasteiger charge is -2.05. The Labute approximate surface area is 206 Å². The summed E-state index contributed by atoms with van der Waals surface area (Å²) >= 11 is 0. The number of unbranched alkanes of at least 4 members (excludes halogenated alkanes) is 13. The number of aryl methyl sites for hydroxylation is 1. The summed E-state index contributed by atoms with van der Waals surface area (Å²) < 4.78 is 2.41. The molecule has 0 saturated heterocycles. The van der Waals surface area contributed by atoms with Gasteiger partial charge in [0, 0.05) is 29.5 Å². The molecule has 2 heterocycles. The molecule has 31 heavy (non-hydrogen) atoms. The van der Waals surface area contributed by atoms with Gasteiger partial charge in [0.1, 0.15) is 12.1 Å². The average Bonchev–Trinajstić information content (AvgIpc) is 2.79. The lowest BCUT2D eigenvalue weighted by molar-refractivity contribution is -0.671. The zero-order valence-corrected chi connectivity index (χ0v) is 21.7. The zero-order chi connectivity index (χ0) is 20.9. The van der Waals surface area contributed by atoms with E-state index in [9.17, 15) is 0 Å². The Hall–Kier alpha value is -1.23. The highest BCUT2D eigenvalue weighted by molar-refractivity contribution is 6.00. The van der Waals surface area contributed by atoms with Crippen LogP contribution in [-0.2, 0) is 6.54 Å². The van der Waals surface area contributed by atoms with E-state index in [2.05, 4.69) is 53.0 Å². The Balaban J connectivity index is 0.00000341. The summed E-state index contributed by atoms with van der Waals surface area (Å²) in [7, 11) is 0. The summed E-state index contributed by atoms with van der Waals surface area (Å²) in [4.78, 5) is 4.67. The number of hydrogen-bond donors (Lipinski definition) is 0. The van der Waals surface area contributed by atoms with Crippen LogP contribution in [0, 0.1) is 0 Å². The highest BCUT2D eigenvalue weighted by Crippen LogP contribution is 2.20. The molecule has 0 fully saturated rings. The van der Waals surface area contributed by atoms with E-state index >= 15 is 0 Å². The fourth-order valence-electron chi connectivity index (χ4n) is 4.57. The van der Waals surface area contributed by atoms with Crippen molar-refractivity contribution in [2.75, 3.05) is 0 Å². The highest BCUT2D eigenvalue weighted by atomic mass is 127. The quantitative estimate of drug-likeness (QED) is 0.114. The van der Waals surface area contributed by atoms with Crippen LogP contribution in [0.3, 0.4) is 0 Å². The van der Waals surface area contributed by atoms with Gasteiger partial charge in [-0.15, -0.1) is 0 Å². The minimum atomic E-state index is 0. The van der Waals surface area contributed by atoms with Crippen molar-refractivity contribution in [2.24, 2.45) is 0 Å². The fraction of sp³-hybridized carbons (Fsp3) is 0.571. The lowest BCUT2D eigenvalue weighted by atomic mass is 10.0. The summed E-state index contributed by atoms with van der Waals surface area (Å²) in [6.07, 6.45) is 23.8. The third-order valence-corrected chi connectivity index (χ3v) is 6.36. The molecule has 3 rings (SSSR count). The molecule has 0 unspecified atom stereocenters. The number of hydrogen-bond acceptors (Lipinski definition) is 1. The monoisotopic (exact) mass is 532 g/mol. The van der Waals surface area contributed by atoms with Crippen LogP contribution in [0.15, 0.2) is 48.8 Å². The molecular formula is C28H41IN2. The van der Waals surface area contributed by atoms with Gasteiger partial charge in [0.25, 0.3) is 0 Å². The van der Waals surface area contributed by atoms with Crippen molar-refractivity contribution in [1.29, 1.82) is 0 Å². The number of aromatic nitrogens is 2. The second-order valence-corrected chi connectivity index (χ2v) is 8.88. The molecule has 0 aliphatic heterocycles. The third kappa shape index (κ3) is 8.67. The first-order valence-electron chi connectivity index (χ1n) is 12.6. The van der Waals surface area contributed by atoms with Crippen molar-refractivity contribution >= 4 is 21.8 Å². The molecular weight excluding hydrogens is 491 g/mol. The third-order valence-electron chi connectivity index (χ3n) is 6.36. The topological polar surface area (TPSA) is 16.8 Å². The Morgan fingerprint density at radius 2 is 1.19 bits per heavy atom. The first-order valence-corrected chi connectivity index (χ1v) is 12.6. The minimum absolute atomic E-state index is 0. The first-order chi connectivity index (χ1) is 14.9. The number of pyridine rings is 2. The molecule has 1 aromatic carbocycles. The molecule has 0 bridgehead atoms. The van der Waals surface area contributed by atoms with Crippen molar-refractivity contribution in [2.45, 2.75) is 103 Å². The van der Waals surface area contributed by atoms with Crippen molar-refractivity contribution in [3.8, 4) is 0 Å². The summed E-state index contributed by atoms with van der Waals surface area (Å²) in [5.41, 5.74) is 2.41. The molecule has 0 saturated carbocycles. The van der Waals surface area contributed by atoms with Crippen molar-refractivity contribution in [3.63, 3.8) is 0 Å². The van der Waals surface area contributed by atoms with Crippen molar-refractivity contribution in [3.05, 3.63) is 48.8 Å². The Morgan fingerprint density at radius 1 is 0.645 bits per heavy atom. The molecule has 0 aliphatic rings. The normalized spacial score (nSPS) is 11.1. The molecule has 170 valence electrons. The van der Waals surface area contributed by atoms with E-state index in [-0.39, 0.29) is 24.0 Å².